The first kappa shape index (κ1) is 27.8. The molecule has 7 rings (SSSR count). The van der Waals surface area contributed by atoms with Crippen LogP contribution < -0.4 is 10.1 Å². The Morgan fingerprint density at radius 1 is 0.837 bits per heavy atom. The fourth-order valence-electron chi connectivity index (χ4n) is 7.42. The van der Waals surface area contributed by atoms with E-state index in [1.807, 2.05) is 24.3 Å². The highest BCUT2D eigenvalue weighted by molar-refractivity contribution is 7.00. The van der Waals surface area contributed by atoms with Crippen molar-refractivity contribution >= 4 is 42.2 Å². The molecule has 0 unspecified atom stereocenters. The first-order valence-corrected chi connectivity index (χ1v) is 16.8. The summed E-state index contributed by atoms with van der Waals surface area (Å²) in [6.45, 7) is -1.54. The minimum Gasteiger partial charge on any atom is -0.478 e. The maximum Gasteiger partial charge on any atom is 0.361 e. The lowest BCUT2D eigenvalue weighted by atomic mass is 9.86. The summed E-state index contributed by atoms with van der Waals surface area (Å²) in [6, 6.07) is 11.3. The lowest BCUT2D eigenvalue weighted by Crippen LogP contribution is -2.58. The molecule has 2 aromatic rings. The zero-order valence-corrected chi connectivity index (χ0v) is 24.2. The number of fused-ring (bicyclic) bond motifs is 4. The van der Waals surface area contributed by atoms with Crippen LogP contribution in [0.3, 0.4) is 0 Å². The number of aromatic carboxylic acids is 2. The second-order valence-electron chi connectivity index (χ2n) is 12.3. The Balaban J connectivity index is 1.51. The molecule has 0 bridgehead atoms. The fourth-order valence-corrected chi connectivity index (χ4v) is 13.0. The zero-order valence-electron chi connectivity index (χ0n) is 23.2. The highest BCUT2D eigenvalue weighted by Crippen LogP contribution is 2.48. The van der Waals surface area contributed by atoms with E-state index in [2.05, 4.69) is 0 Å². The van der Waals surface area contributed by atoms with E-state index in [1.165, 1.54) is 18.2 Å². The maximum atomic E-state index is 13.9. The van der Waals surface area contributed by atoms with E-state index in [1.54, 1.807) is 21.6 Å². The summed E-state index contributed by atoms with van der Waals surface area (Å²) in [5.74, 6) is -7.93. The predicted octanol–water partition coefficient (Wildman–Crippen LogP) is 5.33. The van der Waals surface area contributed by atoms with Crippen LogP contribution in [-0.4, -0.2) is 78.5 Å². The molecule has 2 N–H and O–H groups in total. The van der Waals surface area contributed by atoms with Crippen LogP contribution in [0.5, 0.6) is 0 Å². The molecule has 4 aliphatic heterocycles. The quantitative estimate of drug-likeness (QED) is 0.278. The highest BCUT2D eigenvalue weighted by Gasteiger charge is 2.53. The van der Waals surface area contributed by atoms with Crippen LogP contribution in [0.2, 0.25) is 12.1 Å². The van der Waals surface area contributed by atoms with Gasteiger partial charge in [0.25, 0.3) is 5.92 Å². The molecule has 222 valence electrons. The number of hydrogen-bond acceptors (Lipinski definition) is 3. The highest BCUT2D eigenvalue weighted by atomic mass is 28.3. The van der Waals surface area contributed by atoms with E-state index in [0.29, 0.717) is 17.0 Å². The van der Waals surface area contributed by atoms with Gasteiger partial charge < -0.3 is 15.1 Å². The Hall–Kier alpha value is -3.99. The standard InChI is InChI=1S/C32H28F4N2O4Si/c33-31(34)15-37(16-31)20-5-8-23-26(13-20)43(10-2-1-3-11-43)27-14-21(38-17-32(35,36)18-38)6-9-24(27)28(23)25-12-19(29(39)40)4-7-22(25)30(41)42/h4-9,12-14H,1-3,10-11,15-18H2,(H-,39,40,41,42)/p+1. The summed E-state index contributed by atoms with van der Waals surface area (Å²) in [6.07, 6.45) is 8.61. The number of alkyl halides is 4. The molecule has 4 heterocycles. The van der Waals surface area contributed by atoms with Crippen molar-refractivity contribution in [2.75, 3.05) is 31.1 Å². The largest absolute Gasteiger partial charge is 0.478 e. The summed E-state index contributed by atoms with van der Waals surface area (Å²) in [5.41, 5.74) is 3.59. The van der Waals surface area contributed by atoms with E-state index in [4.69, 9.17) is 0 Å². The predicted molar refractivity (Wildman–Crippen MR) is 156 cm³/mol. The van der Waals surface area contributed by atoms with Crippen molar-refractivity contribution in [3.05, 3.63) is 87.6 Å². The topological polar surface area (TPSA) is 80.8 Å². The molecule has 3 fully saturated rings. The third-order valence-corrected chi connectivity index (χ3v) is 14.8. The molecule has 1 spiro atoms. The van der Waals surface area contributed by atoms with Crippen LogP contribution in [0.4, 0.5) is 23.2 Å². The van der Waals surface area contributed by atoms with Crippen LogP contribution in [0.15, 0.2) is 65.4 Å². The Bertz CT molecular complexity index is 1720. The van der Waals surface area contributed by atoms with Gasteiger partial charge in [-0.2, -0.15) is 8.78 Å². The number of allylic oxidation sites excluding steroid dienone is 5. The first-order chi connectivity index (χ1) is 20.4. The van der Waals surface area contributed by atoms with Crippen LogP contribution in [0.1, 0.15) is 51.1 Å². The van der Waals surface area contributed by atoms with Gasteiger partial charge in [0.2, 0.25) is 13.1 Å². The average molecular weight is 610 g/mol. The molecule has 11 heteroatoms. The van der Waals surface area contributed by atoms with Gasteiger partial charge in [0, 0.05) is 17.8 Å². The summed E-state index contributed by atoms with van der Waals surface area (Å²) in [5, 5.41) is 22.0. The SMILES string of the molecule is O=C(O)c1ccc(C(=O)O)c(C2=C3C=CC(=[N+]4CC(F)(F)C4)C=C3[Si]3(CCCCC3)c3cc(N4CC(F)(F)C4)ccc32)c1. The number of hydrogen-bond donors (Lipinski definition) is 2. The molecule has 0 saturated carbocycles. The van der Waals surface area contributed by atoms with Crippen molar-refractivity contribution in [1.82, 2.24) is 0 Å². The third kappa shape index (κ3) is 4.47. The molecular formula is C32H29F4N2O4Si+. The number of rotatable bonds is 4. The molecule has 43 heavy (non-hydrogen) atoms. The second-order valence-corrected chi connectivity index (χ2v) is 16.5. The zero-order chi connectivity index (χ0) is 30.3. The molecule has 6 nitrogen and oxygen atoms in total. The smallest absolute Gasteiger partial charge is 0.361 e. The molecule has 0 atom stereocenters. The fraction of sp³-hybridized carbons (Fsp3) is 0.344. The number of benzene rings is 2. The first-order valence-electron chi connectivity index (χ1n) is 14.4. The molecular weight excluding hydrogens is 580 g/mol. The minimum atomic E-state index is -2.76. The number of carboxylic acids is 2. The van der Waals surface area contributed by atoms with Gasteiger partial charge in [-0.05, 0) is 81.2 Å². The number of carbonyl (C=O) groups is 2. The number of halogens is 4. The summed E-state index contributed by atoms with van der Waals surface area (Å²) >= 11 is 0. The van der Waals surface area contributed by atoms with Gasteiger partial charge in [-0.1, -0.05) is 25.3 Å². The number of nitrogens with zero attached hydrogens (tertiary/aromatic N) is 2. The van der Waals surface area contributed by atoms with Gasteiger partial charge >= 0.3 is 17.9 Å². The van der Waals surface area contributed by atoms with Crippen LogP contribution in [0, 0.1) is 0 Å². The Morgan fingerprint density at radius 2 is 1.56 bits per heavy atom. The maximum absolute atomic E-state index is 13.9. The third-order valence-electron chi connectivity index (χ3n) is 9.47. The number of carboxylic acid groups (broad SMARTS) is 2. The monoisotopic (exact) mass is 609 g/mol. The van der Waals surface area contributed by atoms with Crippen molar-refractivity contribution < 1.29 is 41.9 Å². The van der Waals surface area contributed by atoms with Crippen molar-refractivity contribution in [2.24, 2.45) is 0 Å². The van der Waals surface area contributed by atoms with E-state index >= 15 is 0 Å². The Morgan fingerprint density at radius 3 is 2.19 bits per heavy atom. The molecule has 1 aliphatic carbocycles. The van der Waals surface area contributed by atoms with E-state index in [-0.39, 0.29) is 42.9 Å². The summed E-state index contributed by atoms with van der Waals surface area (Å²) < 4.78 is 57.2. The van der Waals surface area contributed by atoms with Gasteiger partial charge in [-0.25, -0.2) is 22.9 Å². The molecule has 0 radical (unpaired) electrons. The van der Waals surface area contributed by atoms with Crippen molar-refractivity contribution in [2.45, 2.75) is 43.2 Å². The van der Waals surface area contributed by atoms with E-state index < -0.39 is 31.9 Å². The Labute approximate surface area is 246 Å². The van der Waals surface area contributed by atoms with Crippen molar-refractivity contribution in [3.8, 4) is 0 Å². The van der Waals surface area contributed by atoms with Crippen LogP contribution >= 0.6 is 0 Å². The lowest BCUT2D eigenvalue weighted by molar-refractivity contribution is -0.638. The molecule has 5 aliphatic rings. The van der Waals surface area contributed by atoms with Gasteiger partial charge in [0.15, 0.2) is 5.71 Å². The van der Waals surface area contributed by atoms with Crippen molar-refractivity contribution in [1.29, 1.82) is 0 Å². The minimum absolute atomic E-state index is 0.0592. The average Bonchev–Trinajstić information content (AvgIpc) is 2.95. The molecule has 0 amide bonds. The molecule has 2 aromatic carbocycles. The van der Waals surface area contributed by atoms with Crippen LogP contribution in [-0.2, 0) is 0 Å². The van der Waals surface area contributed by atoms with E-state index in [9.17, 15) is 37.4 Å². The van der Waals surface area contributed by atoms with E-state index in [0.717, 1.165) is 52.9 Å². The van der Waals surface area contributed by atoms with Crippen LogP contribution in [0.25, 0.3) is 5.57 Å². The summed E-state index contributed by atoms with van der Waals surface area (Å²) in [7, 11) is -2.58. The number of anilines is 1. The second kappa shape index (κ2) is 9.50. The summed E-state index contributed by atoms with van der Waals surface area (Å²) in [4.78, 5) is 26.1. The normalized spacial score (nSPS) is 22.8. The molecule has 3 saturated heterocycles. The van der Waals surface area contributed by atoms with Gasteiger partial charge in [-0.3, -0.25) is 0 Å². The lowest BCUT2D eigenvalue weighted by Gasteiger charge is -2.46. The van der Waals surface area contributed by atoms with Gasteiger partial charge in [0.05, 0.1) is 24.2 Å². The van der Waals surface area contributed by atoms with Crippen molar-refractivity contribution in [3.63, 3.8) is 0 Å². The Kier molecular flexibility index (Phi) is 6.15. The van der Waals surface area contributed by atoms with Gasteiger partial charge in [-0.15, -0.1) is 0 Å². The van der Waals surface area contributed by atoms with Gasteiger partial charge in [0.1, 0.15) is 8.07 Å². The molecule has 0 aromatic heterocycles.